The molecule has 28 nitrogen and oxygen atoms in total. The molecule has 3 aromatic heterocycles. The predicted molar refractivity (Wildman–Crippen MR) is 336 cm³/mol. The van der Waals surface area contributed by atoms with E-state index in [1.807, 2.05) is 0 Å². The molecule has 37 heteroatoms. The quantitative estimate of drug-likeness (QED) is 0.0402. The monoisotopic (exact) mass is 1480 g/mol. The molecule has 0 spiro atoms. The third kappa shape index (κ3) is 12.1. The minimum Gasteiger partial charge on any atom is -0.354 e. The van der Waals surface area contributed by atoms with Gasteiger partial charge >= 0.3 is 17.1 Å². The van der Waals surface area contributed by atoms with Crippen LogP contribution in [0, 0.1) is 83.1 Å². The Morgan fingerprint density at radius 1 is 0.237 bits per heavy atom. The van der Waals surface area contributed by atoms with Gasteiger partial charge in [0.15, 0.2) is 0 Å². The normalized spacial score (nSPS) is 13.5. The first kappa shape index (κ1) is 72.1. The van der Waals surface area contributed by atoms with Crippen molar-refractivity contribution in [3.63, 3.8) is 0 Å². The van der Waals surface area contributed by atoms with Crippen LogP contribution in [0.4, 0.5) is 0 Å². The summed E-state index contributed by atoms with van der Waals surface area (Å²) in [5.41, 5.74) is -11.0. The summed E-state index contributed by atoms with van der Waals surface area (Å²) in [6, 6.07) is 5.01. The topological polar surface area (TPSA) is 492 Å². The van der Waals surface area contributed by atoms with Crippen molar-refractivity contribution in [1.82, 2.24) is 19.9 Å². The van der Waals surface area contributed by atoms with Crippen molar-refractivity contribution >= 4 is 127 Å². The molecule has 0 saturated heterocycles. The van der Waals surface area contributed by atoms with Gasteiger partial charge in [0, 0.05) is 44.3 Å². The van der Waals surface area contributed by atoms with Crippen molar-refractivity contribution in [2.45, 2.75) is 122 Å². The Hall–Kier alpha value is -6.72. The van der Waals surface area contributed by atoms with Crippen LogP contribution in [0.25, 0.3) is 90.9 Å². The van der Waals surface area contributed by atoms with Crippen LogP contribution in [0.3, 0.4) is 0 Å². The Morgan fingerprint density at radius 3 is 0.484 bits per heavy atom. The summed E-state index contributed by atoms with van der Waals surface area (Å²) >= 11 is 0. The molecule has 0 atom stereocenters. The molecule has 2 aliphatic heterocycles. The zero-order chi connectivity index (χ0) is 69.3. The third-order valence-electron chi connectivity index (χ3n) is 16.3. The molecule has 7 aromatic rings. The molecule has 8 bridgehead atoms. The fraction of sp³-hybridized carbons (Fsp3) is 0.214. The first-order valence-corrected chi connectivity index (χ1v) is 37.8. The number of H-pyrrole nitrogens is 2. The van der Waals surface area contributed by atoms with Gasteiger partial charge in [0.2, 0.25) is 0 Å². The van der Waals surface area contributed by atoms with Crippen molar-refractivity contribution in [3.8, 4) is 44.5 Å². The van der Waals surface area contributed by atoms with Gasteiger partial charge in [0.25, 0.3) is 80.9 Å². The number of aromatic nitrogens is 4. The molecule has 93 heavy (non-hydrogen) atoms. The smallest absolute Gasteiger partial charge is 0.354 e. The van der Waals surface area contributed by atoms with Gasteiger partial charge in [-0.05, 0) is 221 Å². The van der Waals surface area contributed by atoms with Gasteiger partial charge < -0.3 is 9.97 Å². The minimum absolute atomic E-state index is 0. The van der Waals surface area contributed by atoms with Gasteiger partial charge in [-0.3, -0.25) is 36.4 Å². The van der Waals surface area contributed by atoms with Crippen LogP contribution in [0.5, 0.6) is 0 Å². The Labute approximate surface area is 544 Å². The molecule has 5 heterocycles. The number of benzene rings is 4. The first-order chi connectivity index (χ1) is 41.8. The molecule has 0 unspecified atom stereocenters. The number of fused-ring (bicyclic) bond motifs is 8. The summed E-state index contributed by atoms with van der Waals surface area (Å²) in [5.74, 6) is 0. The number of aromatic amines is 2. The van der Waals surface area contributed by atoms with Crippen molar-refractivity contribution in [2.24, 2.45) is 0 Å². The standard InChI is InChI=1S/C56H54N4O24S8.Fe/c1-21-41(22(2)50(86(64,65)66)29(9)49(21)85(61,62)63)45-33-13-15-35(57-33)46(42-23(3)51(87(67,68)69)30(10)52(24(42)4)88(70,71)72)37-17-19-39(59-37)48(44-27(7)55(91(79,80)81)32(12)56(28(44)8)92(82,83)84)40-20-18-38(60-40)47(36-16-14-34(45)58-36)43-25(5)53(89(73,74)75)31(11)54(26(43)6)90(76,77)78;/h13-20,57,60H,1-12H3,(H,61,62,63)(H,64,65,66)(H,67,68,69)(H,70,71,72)(H,73,74,75)(H,76,77,78)(H,79,80,81)(H,82,83,84);/q;+3. The van der Waals surface area contributed by atoms with Gasteiger partial charge in [0.1, 0.15) is 39.2 Å². The zero-order valence-electron chi connectivity index (χ0n) is 50.2. The second kappa shape index (κ2) is 23.3. The molecule has 2 aliphatic rings. The van der Waals surface area contributed by atoms with E-state index in [1.54, 1.807) is 0 Å². The number of hydrogen-bond acceptors (Lipinski definition) is 18. The average molecular weight is 1480 g/mol. The summed E-state index contributed by atoms with van der Waals surface area (Å²) < 4.78 is 302. The summed E-state index contributed by atoms with van der Waals surface area (Å²) in [7, 11) is -43.8. The predicted octanol–water partition coefficient (Wildman–Crippen LogP) is 9.00. The van der Waals surface area contributed by atoms with E-state index in [0.29, 0.717) is 0 Å². The molecule has 1 radical (unpaired) electrons. The molecule has 9 rings (SSSR count). The van der Waals surface area contributed by atoms with Crippen LogP contribution in [-0.2, 0) is 98.0 Å². The molecular formula is C56H54FeN4O24S8+3. The Balaban J connectivity index is 0.0000111. The van der Waals surface area contributed by atoms with Crippen LogP contribution in [0.15, 0.2) is 63.4 Å². The van der Waals surface area contributed by atoms with Crippen LogP contribution < -0.4 is 0 Å². The van der Waals surface area contributed by atoms with Crippen molar-refractivity contribution in [2.75, 3.05) is 0 Å². The molecule has 4 aromatic carbocycles. The molecular weight excluding hydrogens is 1430 g/mol. The summed E-state index contributed by atoms with van der Waals surface area (Å²) in [6.07, 6.45) is 4.90. The maximum Gasteiger partial charge on any atom is 3.00 e. The van der Waals surface area contributed by atoms with Crippen LogP contribution in [0.1, 0.15) is 89.5 Å². The van der Waals surface area contributed by atoms with E-state index in [-0.39, 0.29) is 84.2 Å². The third-order valence-corrected chi connectivity index (χ3v) is 25.3. The molecule has 10 N–H and O–H groups in total. The molecule has 495 valence electrons. The zero-order valence-corrected chi connectivity index (χ0v) is 57.9. The van der Waals surface area contributed by atoms with E-state index in [1.165, 1.54) is 48.6 Å². The fourth-order valence-electron chi connectivity index (χ4n) is 13.5. The van der Waals surface area contributed by atoms with Crippen LogP contribution in [-0.4, -0.2) is 124 Å². The molecule has 0 saturated carbocycles. The average Bonchev–Trinajstić information content (AvgIpc) is 1.67. The number of nitrogens with zero attached hydrogens (tertiary/aromatic N) is 2. The minimum atomic E-state index is -5.48. The fourth-order valence-corrected chi connectivity index (χ4v) is 21.6. The Kier molecular flexibility index (Phi) is 18.1. The van der Waals surface area contributed by atoms with E-state index in [4.69, 9.17) is 9.97 Å². The summed E-state index contributed by atoms with van der Waals surface area (Å²) in [4.78, 5) is 7.80. The van der Waals surface area contributed by atoms with Crippen molar-refractivity contribution < 1.29 is 121 Å². The Bertz CT molecular complexity index is 4930. The van der Waals surface area contributed by atoms with Gasteiger partial charge in [-0.1, -0.05) is 0 Å². The maximum absolute atomic E-state index is 13.5. The summed E-state index contributed by atoms with van der Waals surface area (Å²) in [5, 5.41) is 0. The largest absolute Gasteiger partial charge is 3.00 e. The number of hydrogen-bond donors (Lipinski definition) is 10. The Morgan fingerprint density at radius 2 is 0.366 bits per heavy atom. The molecule has 0 aliphatic carbocycles. The van der Waals surface area contributed by atoms with E-state index >= 15 is 0 Å². The van der Waals surface area contributed by atoms with E-state index in [2.05, 4.69) is 9.97 Å². The van der Waals surface area contributed by atoms with Gasteiger partial charge in [-0.2, -0.15) is 67.3 Å². The number of rotatable bonds is 12. The SMILES string of the molecule is Cc1c(-c2c3nc(c(-c4c(C)c(S(=O)(=O)O)c(C)c(S(=O)(=O)O)c4C)c4ccc([nH]4)c(-c4c(C)c(S(=O)(=O)O)c(C)c(S(=O)(=O)O)c4C)c4nc(c(-c5c(C)c(S(=O)(=O)O)c(C)c(S(=O)(=O)O)c5C)c5ccc2[nH]5)C=C4)C=C3)c(C)c(S(=O)(=O)O)c(C)c1S(=O)(=O)O.[Fe+3]. The second-order valence-corrected chi connectivity index (χ2v) is 32.8. The van der Waals surface area contributed by atoms with Crippen LogP contribution in [0.2, 0.25) is 0 Å². The summed E-state index contributed by atoms with van der Waals surface area (Å²) in [6.45, 7) is 13.1. The van der Waals surface area contributed by atoms with Crippen molar-refractivity contribution in [3.05, 3.63) is 114 Å². The molecule has 0 fully saturated rings. The second-order valence-electron chi connectivity index (χ2n) is 21.9. The van der Waals surface area contributed by atoms with Crippen LogP contribution >= 0.6 is 0 Å². The van der Waals surface area contributed by atoms with Gasteiger partial charge in [0.05, 0.1) is 22.8 Å². The van der Waals surface area contributed by atoms with Gasteiger partial charge in [-0.15, -0.1) is 0 Å². The van der Waals surface area contributed by atoms with E-state index in [0.717, 1.165) is 83.1 Å². The maximum atomic E-state index is 13.5. The first-order valence-electron chi connectivity index (χ1n) is 26.3. The van der Waals surface area contributed by atoms with E-state index < -0.39 is 209 Å². The van der Waals surface area contributed by atoms with Crippen molar-refractivity contribution in [1.29, 1.82) is 0 Å². The van der Waals surface area contributed by atoms with Gasteiger partial charge in [-0.25, -0.2) is 9.97 Å². The van der Waals surface area contributed by atoms with E-state index in [9.17, 15) is 104 Å². The number of nitrogens with one attached hydrogen (secondary N) is 2. The molecule has 0 amide bonds.